The quantitative estimate of drug-likeness (QED) is 0.878. The van der Waals surface area contributed by atoms with Gasteiger partial charge in [0.25, 0.3) is 0 Å². The molecule has 0 unspecified atom stereocenters. The van der Waals surface area contributed by atoms with E-state index < -0.39 is 0 Å². The Hall–Kier alpha value is -1.32. The van der Waals surface area contributed by atoms with Crippen LogP contribution in [-0.4, -0.2) is 35.6 Å². The first kappa shape index (κ1) is 16.1. The Labute approximate surface area is 128 Å². The molecule has 0 atom stereocenters. The number of aryl methyl sites for hydroxylation is 1. The van der Waals surface area contributed by atoms with Crippen LogP contribution in [-0.2, 0) is 13.1 Å². The molecular weight excluding hydrogens is 258 g/mol. The van der Waals surface area contributed by atoms with E-state index in [0.717, 1.165) is 19.6 Å². The van der Waals surface area contributed by atoms with E-state index in [2.05, 4.69) is 80.1 Å². The fraction of sp³-hybridized carbons (Fsp3) is 0.556. The van der Waals surface area contributed by atoms with Gasteiger partial charge in [-0.25, -0.2) is 0 Å². The summed E-state index contributed by atoms with van der Waals surface area (Å²) < 4.78 is 2.36. The first-order valence-electron chi connectivity index (χ1n) is 7.83. The minimum atomic E-state index is 0.160. The molecule has 2 aromatic rings. The maximum Gasteiger partial charge on any atom is 0.0480 e. The number of rotatable bonds is 6. The molecule has 0 amide bonds. The Bertz CT molecular complexity index is 576. The predicted octanol–water partition coefficient (Wildman–Crippen LogP) is 3.48. The molecule has 0 aliphatic heterocycles. The van der Waals surface area contributed by atoms with Crippen LogP contribution >= 0.6 is 0 Å². The second kappa shape index (κ2) is 6.63. The van der Waals surface area contributed by atoms with Gasteiger partial charge in [0.15, 0.2) is 0 Å². The molecule has 21 heavy (non-hydrogen) atoms. The van der Waals surface area contributed by atoms with Gasteiger partial charge in [-0.2, -0.15) is 0 Å². The van der Waals surface area contributed by atoms with Crippen molar-refractivity contribution in [2.75, 3.05) is 20.6 Å². The molecular formula is C18H29N3. The fourth-order valence-corrected chi connectivity index (χ4v) is 2.48. The highest BCUT2D eigenvalue weighted by atomic mass is 15.1. The molecule has 1 heterocycles. The van der Waals surface area contributed by atoms with Crippen LogP contribution in [0.15, 0.2) is 30.5 Å². The molecule has 0 aliphatic rings. The molecule has 2 rings (SSSR count). The van der Waals surface area contributed by atoms with Gasteiger partial charge in [-0.3, -0.25) is 0 Å². The zero-order chi connectivity index (χ0) is 15.5. The summed E-state index contributed by atoms with van der Waals surface area (Å²) in [4.78, 5) is 2.24. The number of aromatic nitrogens is 1. The van der Waals surface area contributed by atoms with E-state index in [-0.39, 0.29) is 5.54 Å². The van der Waals surface area contributed by atoms with E-state index in [4.69, 9.17) is 0 Å². The van der Waals surface area contributed by atoms with E-state index in [1.807, 2.05) is 0 Å². The highest BCUT2D eigenvalue weighted by Gasteiger charge is 2.09. The zero-order valence-corrected chi connectivity index (χ0v) is 14.1. The van der Waals surface area contributed by atoms with Crippen LogP contribution in [0.5, 0.6) is 0 Å². The van der Waals surface area contributed by atoms with Crippen LogP contribution in [0.1, 0.15) is 32.8 Å². The molecule has 116 valence electrons. The van der Waals surface area contributed by atoms with E-state index in [9.17, 15) is 0 Å². The Kier molecular flexibility index (Phi) is 5.07. The number of hydrogen-bond donors (Lipinski definition) is 1. The normalized spacial score (nSPS) is 12.5. The van der Waals surface area contributed by atoms with Crippen molar-refractivity contribution in [3.8, 4) is 0 Å². The summed E-state index contributed by atoms with van der Waals surface area (Å²) in [6.07, 6.45) is 3.39. The highest BCUT2D eigenvalue weighted by molar-refractivity contribution is 5.80. The third kappa shape index (κ3) is 4.87. The molecule has 0 bridgehead atoms. The lowest BCUT2D eigenvalue weighted by Crippen LogP contribution is -2.35. The molecule has 1 N–H and O–H groups in total. The summed E-state index contributed by atoms with van der Waals surface area (Å²) in [5.74, 6) is 0. The molecule has 0 radical (unpaired) electrons. The molecule has 0 saturated heterocycles. The van der Waals surface area contributed by atoms with Crippen molar-refractivity contribution < 1.29 is 0 Å². The van der Waals surface area contributed by atoms with Crippen LogP contribution in [0.2, 0.25) is 0 Å². The van der Waals surface area contributed by atoms with Crippen LogP contribution in [0.25, 0.3) is 10.9 Å². The average molecular weight is 287 g/mol. The van der Waals surface area contributed by atoms with Gasteiger partial charge < -0.3 is 14.8 Å². The smallest absolute Gasteiger partial charge is 0.0480 e. The van der Waals surface area contributed by atoms with Crippen molar-refractivity contribution >= 4 is 10.9 Å². The van der Waals surface area contributed by atoms with E-state index in [1.54, 1.807) is 0 Å². The largest absolute Gasteiger partial charge is 0.347 e. The van der Waals surface area contributed by atoms with Gasteiger partial charge in [-0.15, -0.1) is 0 Å². The van der Waals surface area contributed by atoms with Crippen molar-refractivity contribution in [2.45, 2.75) is 45.8 Å². The molecule has 0 saturated carbocycles. The summed E-state index contributed by atoms with van der Waals surface area (Å²) in [6.45, 7) is 9.74. The Morgan fingerprint density at radius 2 is 1.90 bits per heavy atom. The van der Waals surface area contributed by atoms with E-state index in [0.29, 0.717) is 0 Å². The maximum atomic E-state index is 3.54. The van der Waals surface area contributed by atoms with Crippen LogP contribution in [0, 0.1) is 0 Å². The number of hydrogen-bond acceptors (Lipinski definition) is 2. The molecule has 1 aromatic carbocycles. The monoisotopic (exact) mass is 287 g/mol. The van der Waals surface area contributed by atoms with Crippen LogP contribution in [0.3, 0.4) is 0 Å². The fourth-order valence-electron chi connectivity index (χ4n) is 2.48. The molecule has 3 heteroatoms. The third-order valence-corrected chi connectivity index (χ3v) is 3.66. The molecule has 0 aliphatic carbocycles. The summed E-state index contributed by atoms with van der Waals surface area (Å²) >= 11 is 0. The SMILES string of the molecule is CN(C)CCCn1ccc2cc(CNC(C)(C)C)ccc21. The third-order valence-electron chi connectivity index (χ3n) is 3.66. The van der Waals surface area contributed by atoms with Gasteiger partial charge in [0.1, 0.15) is 0 Å². The number of fused-ring (bicyclic) bond motifs is 1. The second-order valence-corrected chi connectivity index (χ2v) is 7.16. The van der Waals surface area contributed by atoms with Gasteiger partial charge in [0.2, 0.25) is 0 Å². The lowest BCUT2D eigenvalue weighted by atomic mass is 10.1. The summed E-state index contributed by atoms with van der Waals surface area (Å²) in [5, 5.41) is 4.88. The van der Waals surface area contributed by atoms with Gasteiger partial charge in [-0.1, -0.05) is 6.07 Å². The first-order chi connectivity index (χ1) is 9.85. The van der Waals surface area contributed by atoms with Crippen molar-refractivity contribution in [1.29, 1.82) is 0 Å². The lowest BCUT2D eigenvalue weighted by Gasteiger charge is -2.20. The maximum absolute atomic E-state index is 3.54. The average Bonchev–Trinajstić information content (AvgIpc) is 2.78. The topological polar surface area (TPSA) is 20.2 Å². The molecule has 0 fully saturated rings. The molecule has 1 aromatic heterocycles. The zero-order valence-electron chi connectivity index (χ0n) is 14.1. The number of nitrogens with one attached hydrogen (secondary N) is 1. The Balaban J connectivity index is 2.04. The van der Waals surface area contributed by atoms with E-state index in [1.165, 1.54) is 22.9 Å². The summed E-state index contributed by atoms with van der Waals surface area (Å²) in [5.41, 5.74) is 2.85. The van der Waals surface area contributed by atoms with Crippen molar-refractivity contribution in [2.24, 2.45) is 0 Å². The minimum Gasteiger partial charge on any atom is -0.347 e. The molecule has 3 nitrogen and oxygen atoms in total. The predicted molar refractivity (Wildman–Crippen MR) is 91.7 cm³/mol. The van der Waals surface area contributed by atoms with E-state index >= 15 is 0 Å². The minimum absolute atomic E-state index is 0.160. The van der Waals surface area contributed by atoms with Gasteiger partial charge >= 0.3 is 0 Å². The Morgan fingerprint density at radius 1 is 1.14 bits per heavy atom. The molecule has 0 spiro atoms. The lowest BCUT2D eigenvalue weighted by molar-refractivity contribution is 0.388. The number of nitrogens with zero attached hydrogens (tertiary/aromatic N) is 2. The summed E-state index contributed by atoms with van der Waals surface area (Å²) in [7, 11) is 4.25. The van der Waals surface area contributed by atoms with Gasteiger partial charge in [0, 0.05) is 30.3 Å². The number of benzene rings is 1. The second-order valence-electron chi connectivity index (χ2n) is 7.16. The van der Waals surface area contributed by atoms with Crippen molar-refractivity contribution in [3.05, 3.63) is 36.0 Å². The van der Waals surface area contributed by atoms with Gasteiger partial charge in [0.05, 0.1) is 0 Å². The summed E-state index contributed by atoms with van der Waals surface area (Å²) in [6, 6.07) is 9.02. The van der Waals surface area contributed by atoms with Crippen molar-refractivity contribution in [1.82, 2.24) is 14.8 Å². The standard InChI is InChI=1S/C18H29N3/c1-18(2,3)19-14-15-7-8-17-16(13-15)9-12-21(17)11-6-10-20(4)5/h7-9,12-13,19H,6,10-11,14H2,1-5H3. The van der Waals surface area contributed by atoms with Crippen LogP contribution in [0.4, 0.5) is 0 Å². The first-order valence-corrected chi connectivity index (χ1v) is 7.83. The van der Waals surface area contributed by atoms with Gasteiger partial charge in [-0.05, 0) is 77.0 Å². The Morgan fingerprint density at radius 3 is 2.57 bits per heavy atom. The highest BCUT2D eigenvalue weighted by Crippen LogP contribution is 2.18. The van der Waals surface area contributed by atoms with Crippen molar-refractivity contribution in [3.63, 3.8) is 0 Å². The van der Waals surface area contributed by atoms with Crippen LogP contribution < -0.4 is 5.32 Å².